The van der Waals surface area contributed by atoms with Gasteiger partial charge in [0.2, 0.25) is 6.71 Å². The molecule has 0 amide bonds. The molecule has 0 atom stereocenters. The molecular weight excluding hydrogens is 922 g/mol. The molecule has 0 fully saturated rings. The summed E-state index contributed by atoms with van der Waals surface area (Å²) in [4.78, 5) is 5.32. The quantitative estimate of drug-likeness (QED) is 0.116. The summed E-state index contributed by atoms with van der Waals surface area (Å²) in [6.07, 6.45) is 0. The molecule has 2 aliphatic heterocycles. The van der Waals surface area contributed by atoms with Crippen molar-refractivity contribution in [1.82, 2.24) is 0 Å². The third-order valence-corrected chi connectivity index (χ3v) is 16.8. The van der Waals surface area contributed by atoms with Crippen LogP contribution in [0.2, 0.25) is 0 Å². The van der Waals surface area contributed by atoms with E-state index in [2.05, 4.69) is 287 Å². The van der Waals surface area contributed by atoms with Gasteiger partial charge in [-0.2, -0.15) is 0 Å². The van der Waals surface area contributed by atoms with Gasteiger partial charge in [-0.15, -0.1) is 0 Å². The van der Waals surface area contributed by atoms with Crippen LogP contribution in [-0.4, -0.2) is 6.71 Å². The summed E-state index contributed by atoms with van der Waals surface area (Å²) in [6.45, 7) is 7.08. The van der Waals surface area contributed by atoms with E-state index in [1.54, 1.807) is 0 Å². The maximum atomic E-state index is 2.69. The van der Waals surface area contributed by atoms with Crippen LogP contribution in [0, 0.1) is 0 Å². The highest BCUT2D eigenvalue weighted by Gasteiger charge is 2.43. The van der Waals surface area contributed by atoms with E-state index in [4.69, 9.17) is 0 Å². The highest BCUT2D eigenvalue weighted by Crippen LogP contribution is 2.53. The minimum absolute atomic E-state index is 0.0109. The Kier molecular flexibility index (Phi) is 10.9. The first-order chi connectivity index (χ1) is 36.9. The van der Waals surface area contributed by atoms with Crippen LogP contribution in [0.25, 0.3) is 88.3 Å². The molecule has 0 unspecified atom stereocenters. The third kappa shape index (κ3) is 7.64. The minimum atomic E-state index is -0.137. The monoisotopic (exact) mass is 973 g/mol. The molecule has 354 valence electrons. The van der Waals surface area contributed by atoms with Crippen molar-refractivity contribution in [1.29, 1.82) is 0 Å². The van der Waals surface area contributed by atoms with Crippen LogP contribution in [0.3, 0.4) is 0 Å². The largest absolute Gasteiger partial charge is 0.310 e. The molecule has 14 rings (SSSR count). The van der Waals surface area contributed by atoms with Crippen LogP contribution >= 0.6 is 11.8 Å². The topological polar surface area (TPSA) is 3.24 Å². The van der Waals surface area contributed by atoms with Crippen molar-refractivity contribution in [2.75, 3.05) is 4.90 Å². The Morgan fingerprint density at radius 3 is 1.29 bits per heavy atom. The molecule has 0 saturated heterocycles. The van der Waals surface area contributed by atoms with Gasteiger partial charge in [-0.25, -0.2) is 0 Å². The second kappa shape index (κ2) is 18.1. The Morgan fingerprint density at radius 2 is 0.773 bits per heavy atom. The zero-order valence-electron chi connectivity index (χ0n) is 42.3. The summed E-state index contributed by atoms with van der Waals surface area (Å²) >= 11 is 1.94. The number of benzene rings is 12. The van der Waals surface area contributed by atoms with Gasteiger partial charge in [-0.05, 0) is 135 Å². The van der Waals surface area contributed by atoms with Crippen LogP contribution in [0.5, 0.6) is 0 Å². The van der Waals surface area contributed by atoms with Crippen LogP contribution < -0.4 is 21.3 Å². The van der Waals surface area contributed by atoms with Crippen LogP contribution in [0.15, 0.2) is 271 Å². The van der Waals surface area contributed by atoms with Crippen LogP contribution in [0.4, 0.5) is 17.1 Å². The Morgan fingerprint density at radius 1 is 0.333 bits per heavy atom. The van der Waals surface area contributed by atoms with Crippen LogP contribution in [0.1, 0.15) is 26.3 Å². The third-order valence-electron chi connectivity index (χ3n) is 15.6. The second-order valence-electron chi connectivity index (χ2n) is 21.1. The number of anilines is 3. The van der Waals surface area contributed by atoms with E-state index in [1.807, 2.05) is 11.8 Å². The van der Waals surface area contributed by atoms with Crippen molar-refractivity contribution in [2.45, 2.75) is 36.0 Å². The van der Waals surface area contributed by atoms with Gasteiger partial charge in [-0.1, -0.05) is 262 Å². The van der Waals surface area contributed by atoms with E-state index in [1.165, 1.54) is 137 Å². The highest BCUT2D eigenvalue weighted by molar-refractivity contribution is 8.00. The van der Waals surface area contributed by atoms with E-state index in [0.29, 0.717) is 0 Å². The molecule has 0 saturated carbocycles. The molecule has 0 bridgehead atoms. The zero-order valence-corrected chi connectivity index (χ0v) is 43.1. The van der Waals surface area contributed by atoms with Gasteiger partial charge in [0.15, 0.2) is 0 Å². The SMILES string of the molecule is CC(C)(C)c1cc2c3c(c1)N(c1c(-c4ccccc4)cc(-c4ccccc4)cc1-c1ccccc1)c1cc(-c4c5ccccc5c(-c5ccccc5)c5ccccc45)ccc1B3c1ccc(-c3ccccc3)cc1S2. The maximum Gasteiger partial charge on any atom is 0.249 e. The first-order valence-electron chi connectivity index (χ1n) is 26.2. The van der Waals surface area contributed by atoms with Gasteiger partial charge in [0.05, 0.1) is 5.69 Å². The average molecular weight is 974 g/mol. The summed E-state index contributed by atoms with van der Waals surface area (Å²) in [5.41, 5.74) is 23.2. The van der Waals surface area contributed by atoms with Gasteiger partial charge >= 0.3 is 0 Å². The number of hydrogen-bond donors (Lipinski definition) is 0. The number of hydrogen-bond acceptors (Lipinski definition) is 2. The van der Waals surface area contributed by atoms with Gasteiger partial charge in [-0.3, -0.25) is 0 Å². The summed E-state index contributed by atoms with van der Waals surface area (Å²) < 4.78 is 0. The molecule has 2 heterocycles. The Hall–Kier alpha value is -8.63. The molecule has 1 nitrogen and oxygen atoms in total. The lowest BCUT2D eigenvalue weighted by molar-refractivity contribution is 0.589. The van der Waals surface area contributed by atoms with Crippen molar-refractivity contribution in [3.8, 4) is 66.8 Å². The van der Waals surface area contributed by atoms with E-state index < -0.39 is 0 Å². The zero-order chi connectivity index (χ0) is 50.2. The van der Waals surface area contributed by atoms with E-state index in [9.17, 15) is 0 Å². The maximum absolute atomic E-state index is 2.69. The van der Waals surface area contributed by atoms with Crippen LogP contribution in [-0.2, 0) is 5.41 Å². The van der Waals surface area contributed by atoms with E-state index in [-0.39, 0.29) is 12.1 Å². The minimum Gasteiger partial charge on any atom is -0.310 e. The van der Waals surface area contributed by atoms with Gasteiger partial charge in [0.1, 0.15) is 0 Å². The Labute approximate surface area is 444 Å². The van der Waals surface area contributed by atoms with Gasteiger partial charge < -0.3 is 4.90 Å². The predicted octanol–water partition coefficient (Wildman–Crippen LogP) is 18.1. The summed E-state index contributed by atoms with van der Waals surface area (Å²) in [5, 5.41) is 4.98. The molecule has 0 aliphatic carbocycles. The first kappa shape index (κ1) is 45.0. The first-order valence-corrected chi connectivity index (χ1v) is 27.0. The summed E-state index contributed by atoms with van der Waals surface area (Å²) in [7, 11) is 0. The molecule has 3 heteroatoms. The highest BCUT2D eigenvalue weighted by atomic mass is 32.2. The van der Waals surface area contributed by atoms with E-state index >= 15 is 0 Å². The molecule has 0 radical (unpaired) electrons. The van der Waals surface area contributed by atoms with Crippen molar-refractivity contribution in [2.24, 2.45) is 0 Å². The predicted molar refractivity (Wildman–Crippen MR) is 323 cm³/mol. The normalized spacial score (nSPS) is 12.6. The van der Waals surface area contributed by atoms with Crippen molar-refractivity contribution >= 4 is 73.5 Å². The molecular formula is C72H52BNS. The van der Waals surface area contributed by atoms with E-state index in [0.717, 1.165) is 0 Å². The molecule has 12 aromatic rings. The fourth-order valence-electron chi connectivity index (χ4n) is 12.1. The van der Waals surface area contributed by atoms with Gasteiger partial charge in [0, 0.05) is 32.3 Å². The fraction of sp³-hybridized carbons (Fsp3) is 0.0556. The Balaban J connectivity index is 1.12. The smallest absolute Gasteiger partial charge is 0.249 e. The summed E-state index contributed by atoms with van der Waals surface area (Å²) in [6, 6.07) is 97.5. The average Bonchev–Trinajstić information content (AvgIpc) is 3.49. The lowest BCUT2D eigenvalue weighted by Crippen LogP contribution is -2.60. The van der Waals surface area contributed by atoms with Gasteiger partial charge in [0.25, 0.3) is 0 Å². The van der Waals surface area contributed by atoms with Crippen molar-refractivity contribution in [3.63, 3.8) is 0 Å². The molecule has 12 aromatic carbocycles. The van der Waals surface area contributed by atoms with Crippen molar-refractivity contribution in [3.05, 3.63) is 266 Å². The fourth-order valence-corrected chi connectivity index (χ4v) is 13.3. The lowest BCUT2D eigenvalue weighted by atomic mass is 9.34. The summed E-state index contributed by atoms with van der Waals surface area (Å²) in [5.74, 6) is 0. The second-order valence-corrected chi connectivity index (χ2v) is 22.2. The molecule has 0 aromatic heterocycles. The number of fused-ring (bicyclic) bond motifs is 6. The number of nitrogens with zero attached hydrogens (tertiary/aromatic N) is 1. The molecule has 2 aliphatic rings. The molecule has 0 spiro atoms. The molecule has 75 heavy (non-hydrogen) atoms. The van der Waals surface area contributed by atoms with Crippen molar-refractivity contribution < 1.29 is 0 Å². The standard InChI is InChI=1S/C72H52BNS/c1-72(2,3)55-45-65-70-67(46-55)75-66-44-52(47-23-9-4-10-24-47)37-40-63(66)73(70)62-39-38-53(69-58-35-21-19-33-56(58)68(51-31-17-8-18-32-51)57-34-20-22-36-59(57)69)43-64(62)74(65)71-60(49-27-13-6-14-28-49)41-54(48-25-11-5-12-26-48)42-61(71)50-29-15-7-16-30-50/h4-46H,1-3H3. The Bertz CT molecular complexity index is 4050. The lowest BCUT2D eigenvalue weighted by Gasteiger charge is -2.43. The number of rotatable bonds is 7. The molecule has 0 N–H and O–H groups in total.